The number of hydrogen-bond acceptors (Lipinski definition) is 6. The highest BCUT2D eigenvalue weighted by atomic mass is 16.6. The lowest BCUT2D eigenvalue weighted by Crippen LogP contribution is -2.64. The van der Waals surface area contributed by atoms with E-state index in [1.54, 1.807) is 0 Å². The predicted octanol–water partition coefficient (Wildman–Crippen LogP) is 5.09. The molecule has 0 radical (unpaired) electrons. The van der Waals surface area contributed by atoms with Crippen LogP contribution in [-0.2, 0) is 19.8 Å². The normalized spacial score (nSPS) is 35.9. The molecule has 2 amide bonds. The van der Waals surface area contributed by atoms with Gasteiger partial charge in [0.2, 0.25) is 17.9 Å². The number of nitrogens with zero attached hydrogens (tertiary/aromatic N) is 3. The molecule has 34 heavy (non-hydrogen) atoms. The fraction of sp³-hybridized carbons (Fsp3) is 0.630. The fourth-order valence-electron chi connectivity index (χ4n) is 7.10. The molecule has 7 nitrogen and oxygen atoms in total. The summed E-state index contributed by atoms with van der Waals surface area (Å²) in [4.78, 5) is 39.3. The summed E-state index contributed by atoms with van der Waals surface area (Å²) in [5, 5.41) is 4.24. The third-order valence-corrected chi connectivity index (χ3v) is 7.95. The van der Waals surface area contributed by atoms with Crippen molar-refractivity contribution >= 4 is 28.6 Å². The average Bonchev–Trinajstić information content (AvgIpc) is 3.33. The number of para-hydroxylation sites is 2. The largest absolute Gasteiger partial charge is 0.440 e. The molecule has 0 N–H and O–H groups in total. The lowest BCUT2D eigenvalue weighted by molar-refractivity contribution is -0.174. The number of likely N-dealkylation sites (tertiary alicyclic amines) is 1. The number of imide groups is 1. The molecule has 2 aromatic rings. The van der Waals surface area contributed by atoms with E-state index in [9.17, 15) is 9.59 Å². The molecule has 2 bridgehead atoms. The van der Waals surface area contributed by atoms with Gasteiger partial charge in [0, 0.05) is 28.7 Å². The van der Waals surface area contributed by atoms with Crippen LogP contribution in [0.5, 0.6) is 0 Å². The molecule has 2 aliphatic heterocycles. The van der Waals surface area contributed by atoms with Crippen LogP contribution in [0.2, 0.25) is 0 Å². The molecule has 1 aliphatic carbocycles. The molecule has 1 aromatic heterocycles. The maximum absolute atomic E-state index is 13.8. The van der Waals surface area contributed by atoms with Crippen molar-refractivity contribution in [3.8, 4) is 0 Å². The summed E-state index contributed by atoms with van der Waals surface area (Å²) in [6, 6.07) is 7.75. The zero-order valence-electron chi connectivity index (χ0n) is 21.3. The molecular formula is C27H35N3O4. The SMILES string of the molecule is C[C@H]1C(C(C)(C)C)=NO[C@@H]1C(=O)N1C[C@@]2(C)C[C@](C)(C[C@@](C)(c3nc4ccccc4o3)C2)C1=O. The number of piperidine rings is 1. The highest BCUT2D eigenvalue weighted by Crippen LogP contribution is 2.58. The van der Waals surface area contributed by atoms with E-state index in [4.69, 9.17) is 14.2 Å². The molecule has 2 fully saturated rings. The molecule has 3 aliphatic rings. The maximum atomic E-state index is 13.8. The predicted molar refractivity (Wildman–Crippen MR) is 129 cm³/mol. The summed E-state index contributed by atoms with van der Waals surface area (Å²) in [6.07, 6.45) is 1.34. The van der Waals surface area contributed by atoms with E-state index in [0.717, 1.165) is 29.7 Å². The smallest absolute Gasteiger partial charge is 0.273 e. The van der Waals surface area contributed by atoms with Gasteiger partial charge in [-0.1, -0.05) is 65.8 Å². The van der Waals surface area contributed by atoms with Gasteiger partial charge < -0.3 is 9.25 Å². The van der Waals surface area contributed by atoms with Crippen LogP contribution in [0.1, 0.15) is 73.6 Å². The van der Waals surface area contributed by atoms with Gasteiger partial charge in [0.05, 0.1) is 5.71 Å². The van der Waals surface area contributed by atoms with Crippen LogP contribution in [0.15, 0.2) is 33.8 Å². The Bertz CT molecular complexity index is 1180. The number of fused-ring (bicyclic) bond motifs is 3. The second-order valence-corrected chi connectivity index (χ2v) is 12.7. The van der Waals surface area contributed by atoms with E-state index < -0.39 is 16.9 Å². The fourth-order valence-corrected chi connectivity index (χ4v) is 7.10. The van der Waals surface area contributed by atoms with Crippen LogP contribution in [0, 0.1) is 22.2 Å². The number of amides is 2. The van der Waals surface area contributed by atoms with Crippen LogP contribution in [0.4, 0.5) is 0 Å². The van der Waals surface area contributed by atoms with Gasteiger partial charge in [-0.3, -0.25) is 14.5 Å². The van der Waals surface area contributed by atoms with Gasteiger partial charge in [0.1, 0.15) is 5.52 Å². The van der Waals surface area contributed by atoms with Crippen LogP contribution in [-0.4, -0.2) is 40.1 Å². The highest BCUT2D eigenvalue weighted by molar-refractivity contribution is 6.04. The van der Waals surface area contributed by atoms with E-state index >= 15 is 0 Å². The van der Waals surface area contributed by atoms with Crippen molar-refractivity contribution in [2.75, 3.05) is 6.54 Å². The Labute approximate surface area is 200 Å². The van der Waals surface area contributed by atoms with Crippen LogP contribution >= 0.6 is 0 Å². The molecule has 1 saturated heterocycles. The van der Waals surface area contributed by atoms with Crippen LogP contribution in [0.25, 0.3) is 11.1 Å². The minimum Gasteiger partial charge on any atom is -0.440 e. The molecule has 5 atom stereocenters. The first kappa shape index (κ1) is 23.1. The first-order valence-electron chi connectivity index (χ1n) is 12.2. The summed E-state index contributed by atoms with van der Waals surface area (Å²) in [6.45, 7) is 14.8. The topological polar surface area (TPSA) is 85.0 Å². The van der Waals surface area contributed by atoms with Gasteiger partial charge >= 0.3 is 0 Å². The van der Waals surface area contributed by atoms with Crippen molar-refractivity contribution in [2.24, 2.45) is 27.3 Å². The van der Waals surface area contributed by atoms with E-state index in [0.29, 0.717) is 18.9 Å². The van der Waals surface area contributed by atoms with Crippen molar-refractivity contribution in [3.63, 3.8) is 0 Å². The summed E-state index contributed by atoms with van der Waals surface area (Å²) in [5.74, 6) is 0.0993. The lowest BCUT2D eigenvalue weighted by Gasteiger charge is -2.56. The van der Waals surface area contributed by atoms with Crippen LogP contribution in [0.3, 0.4) is 0 Å². The van der Waals surface area contributed by atoms with E-state index in [2.05, 4.69) is 39.8 Å². The quantitative estimate of drug-likeness (QED) is 0.577. The average molecular weight is 466 g/mol. The van der Waals surface area contributed by atoms with Crippen molar-refractivity contribution in [1.29, 1.82) is 0 Å². The number of carbonyl (C=O) groups is 2. The van der Waals surface area contributed by atoms with Crippen molar-refractivity contribution in [3.05, 3.63) is 30.2 Å². The molecule has 182 valence electrons. The number of hydrogen-bond donors (Lipinski definition) is 0. The standard InChI is InChI=1S/C27H35N3O4/c1-16-19(34-29-20(16)24(2,3)4)21(31)30-15-25(5)12-26(6,14-27(7,13-25)23(30)32)22-28-17-10-8-9-11-18(17)33-22/h8-11,16,19H,12-15H2,1-7H3/t16-,19+,25-,26+,27-/m1/s1. The number of rotatable bonds is 2. The minimum atomic E-state index is -0.757. The Morgan fingerprint density at radius 3 is 2.41 bits per heavy atom. The minimum absolute atomic E-state index is 0.128. The van der Waals surface area contributed by atoms with Crippen LogP contribution < -0.4 is 0 Å². The Morgan fingerprint density at radius 2 is 1.76 bits per heavy atom. The third kappa shape index (κ3) is 3.46. The molecule has 5 rings (SSSR count). The second-order valence-electron chi connectivity index (χ2n) is 12.7. The summed E-state index contributed by atoms with van der Waals surface area (Å²) in [7, 11) is 0. The highest BCUT2D eigenvalue weighted by Gasteiger charge is 2.61. The van der Waals surface area contributed by atoms with Gasteiger partial charge in [0.15, 0.2) is 5.58 Å². The Morgan fingerprint density at radius 1 is 1.09 bits per heavy atom. The zero-order valence-corrected chi connectivity index (χ0v) is 21.3. The van der Waals surface area contributed by atoms with Crippen molar-refractivity contribution in [1.82, 2.24) is 9.88 Å². The Hall–Kier alpha value is -2.70. The monoisotopic (exact) mass is 465 g/mol. The molecule has 3 heterocycles. The number of aromatic nitrogens is 1. The van der Waals surface area contributed by atoms with Gasteiger partial charge in [-0.2, -0.15) is 0 Å². The number of oxime groups is 1. The second kappa shape index (κ2) is 7.15. The number of benzene rings is 1. The molecule has 7 heteroatoms. The molecular weight excluding hydrogens is 430 g/mol. The Balaban J connectivity index is 1.43. The first-order valence-corrected chi connectivity index (χ1v) is 12.2. The lowest BCUT2D eigenvalue weighted by atomic mass is 9.52. The summed E-state index contributed by atoms with van der Waals surface area (Å²) >= 11 is 0. The summed E-state index contributed by atoms with van der Waals surface area (Å²) < 4.78 is 6.18. The molecule has 0 spiro atoms. The maximum Gasteiger partial charge on any atom is 0.273 e. The van der Waals surface area contributed by atoms with Gasteiger partial charge in [-0.25, -0.2) is 4.98 Å². The number of oxazole rings is 1. The summed E-state index contributed by atoms with van der Waals surface area (Å²) in [5.41, 5.74) is 0.913. The van der Waals surface area contributed by atoms with E-state index in [1.165, 1.54) is 4.90 Å². The molecule has 0 unspecified atom stereocenters. The zero-order chi connectivity index (χ0) is 24.7. The van der Waals surface area contributed by atoms with Crippen molar-refractivity contribution < 1.29 is 18.8 Å². The van der Waals surface area contributed by atoms with Gasteiger partial charge in [-0.05, 0) is 36.8 Å². The molecule has 1 aromatic carbocycles. The van der Waals surface area contributed by atoms with Gasteiger partial charge in [-0.15, -0.1) is 0 Å². The first-order chi connectivity index (χ1) is 15.7. The Kier molecular flexibility index (Phi) is 4.85. The van der Waals surface area contributed by atoms with E-state index in [1.807, 2.05) is 38.1 Å². The van der Waals surface area contributed by atoms with Gasteiger partial charge in [0.25, 0.3) is 5.91 Å². The number of carbonyl (C=O) groups excluding carboxylic acids is 2. The van der Waals surface area contributed by atoms with Crippen molar-refractivity contribution in [2.45, 2.75) is 79.2 Å². The third-order valence-electron chi connectivity index (χ3n) is 7.95. The molecule has 1 saturated carbocycles. The van der Waals surface area contributed by atoms with E-state index in [-0.39, 0.29) is 28.6 Å².